The second-order valence-corrected chi connectivity index (χ2v) is 8.15. The lowest BCUT2D eigenvalue weighted by Crippen LogP contribution is -2.46. The maximum Gasteiger partial charge on any atom is 0.325 e. The minimum atomic E-state index is -1.16. The quantitative estimate of drug-likeness (QED) is 0.743. The Kier molecular flexibility index (Phi) is 4.71. The van der Waals surface area contributed by atoms with Crippen molar-refractivity contribution in [2.75, 3.05) is 18.0 Å². The lowest BCUT2D eigenvalue weighted by molar-refractivity contribution is -0.134. The fraction of sp³-hybridized carbons (Fsp3) is 0.286. The monoisotopic (exact) mass is 441 g/mol. The van der Waals surface area contributed by atoms with Gasteiger partial charge in [-0.1, -0.05) is 46.3 Å². The molecule has 0 spiro atoms. The number of rotatable bonds is 3. The van der Waals surface area contributed by atoms with E-state index >= 15 is 0 Å². The van der Waals surface area contributed by atoms with Crippen LogP contribution >= 0.6 is 15.9 Å². The van der Waals surface area contributed by atoms with Gasteiger partial charge in [0.1, 0.15) is 12.1 Å². The molecule has 4 rings (SSSR count). The highest BCUT2D eigenvalue weighted by Crippen LogP contribution is 2.31. The van der Waals surface area contributed by atoms with Crippen LogP contribution in [0.3, 0.4) is 0 Å². The molecule has 0 aromatic heterocycles. The molecular formula is C21H20BrN3O3. The number of benzene rings is 2. The zero-order chi connectivity index (χ0) is 19.9. The fourth-order valence-electron chi connectivity index (χ4n) is 3.85. The van der Waals surface area contributed by atoms with Crippen LogP contribution in [0, 0.1) is 0 Å². The van der Waals surface area contributed by atoms with Gasteiger partial charge in [0.15, 0.2) is 0 Å². The third-order valence-electron chi connectivity index (χ3n) is 5.38. The number of nitrogens with one attached hydrogen (secondary N) is 1. The van der Waals surface area contributed by atoms with Gasteiger partial charge in [-0.2, -0.15) is 0 Å². The van der Waals surface area contributed by atoms with E-state index in [9.17, 15) is 14.4 Å². The number of nitrogens with zero attached hydrogens (tertiary/aromatic N) is 2. The van der Waals surface area contributed by atoms with Gasteiger partial charge >= 0.3 is 6.03 Å². The standard InChI is InChI=1S/C21H20BrN3O3/c1-21(15-7-3-2-4-8-15)19(27)25(20(28)23-21)13-18(26)24-11-5-6-14-12-16(22)9-10-17(14)24/h2-4,7-10,12H,5-6,11,13H2,1H3,(H,23,28). The van der Waals surface area contributed by atoms with Crippen LogP contribution in [0.2, 0.25) is 0 Å². The highest BCUT2D eigenvalue weighted by atomic mass is 79.9. The summed E-state index contributed by atoms with van der Waals surface area (Å²) in [6.07, 6.45) is 1.74. The highest BCUT2D eigenvalue weighted by Gasteiger charge is 2.49. The molecule has 28 heavy (non-hydrogen) atoms. The summed E-state index contributed by atoms with van der Waals surface area (Å²) in [5, 5.41) is 2.74. The molecule has 1 N–H and O–H groups in total. The second kappa shape index (κ2) is 7.05. The van der Waals surface area contributed by atoms with Crippen molar-refractivity contribution < 1.29 is 14.4 Å². The number of hydrogen-bond acceptors (Lipinski definition) is 3. The van der Waals surface area contributed by atoms with E-state index in [0.29, 0.717) is 12.1 Å². The number of carbonyl (C=O) groups is 3. The summed E-state index contributed by atoms with van der Waals surface area (Å²) in [4.78, 5) is 41.2. The van der Waals surface area contributed by atoms with Gasteiger partial charge in [-0.25, -0.2) is 4.79 Å². The molecule has 1 unspecified atom stereocenters. The smallest absolute Gasteiger partial charge is 0.319 e. The fourth-order valence-corrected chi connectivity index (χ4v) is 4.26. The first kappa shape index (κ1) is 18.7. The molecule has 2 aromatic rings. The number of carbonyl (C=O) groups excluding carboxylic acids is 3. The largest absolute Gasteiger partial charge is 0.325 e. The predicted octanol–water partition coefficient (Wildman–Crippen LogP) is 3.20. The average Bonchev–Trinajstić information content (AvgIpc) is 2.92. The predicted molar refractivity (Wildman–Crippen MR) is 109 cm³/mol. The van der Waals surface area contributed by atoms with Gasteiger partial charge in [0, 0.05) is 16.7 Å². The van der Waals surface area contributed by atoms with Crippen LogP contribution in [0.1, 0.15) is 24.5 Å². The Balaban J connectivity index is 1.56. The Morgan fingerprint density at radius 2 is 1.93 bits per heavy atom. The molecule has 144 valence electrons. The van der Waals surface area contributed by atoms with E-state index < -0.39 is 17.5 Å². The Morgan fingerprint density at radius 3 is 2.68 bits per heavy atom. The summed E-state index contributed by atoms with van der Waals surface area (Å²) in [6, 6.07) is 14.3. The molecule has 1 saturated heterocycles. The van der Waals surface area contributed by atoms with Crippen molar-refractivity contribution in [1.82, 2.24) is 10.2 Å². The summed E-state index contributed by atoms with van der Waals surface area (Å²) in [5.74, 6) is -0.672. The van der Waals surface area contributed by atoms with Gasteiger partial charge in [0.05, 0.1) is 0 Å². The number of halogens is 1. The molecule has 6 nitrogen and oxygen atoms in total. The van der Waals surface area contributed by atoms with E-state index in [0.717, 1.165) is 33.5 Å². The summed E-state index contributed by atoms with van der Waals surface area (Å²) in [6.45, 7) is 1.97. The number of anilines is 1. The first-order valence-corrected chi connectivity index (χ1v) is 9.98. The van der Waals surface area contributed by atoms with E-state index in [-0.39, 0.29) is 12.5 Å². The summed E-state index contributed by atoms with van der Waals surface area (Å²) >= 11 is 3.46. The number of hydrogen-bond donors (Lipinski definition) is 1. The van der Waals surface area contributed by atoms with Crippen LogP contribution in [-0.4, -0.2) is 35.8 Å². The van der Waals surface area contributed by atoms with E-state index in [4.69, 9.17) is 0 Å². The van der Waals surface area contributed by atoms with E-state index in [1.165, 1.54) is 0 Å². The van der Waals surface area contributed by atoms with Crippen molar-refractivity contribution in [2.45, 2.75) is 25.3 Å². The van der Waals surface area contributed by atoms with E-state index in [1.807, 2.05) is 36.4 Å². The minimum absolute atomic E-state index is 0.260. The second-order valence-electron chi connectivity index (χ2n) is 7.23. The number of aryl methyl sites for hydroxylation is 1. The average molecular weight is 442 g/mol. The first-order chi connectivity index (χ1) is 13.4. The van der Waals surface area contributed by atoms with Crippen LogP contribution < -0.4 is 10.2 Å². The number of urea groups is 1. The van der Waals surface area contributed by atoms with Crippen molar-refractivity contribution >= 4 is 39.5 Å². The molecule has 0 radical (unpaired) electrons. The molecule has 0 bridgehead atoms. The summed E-state index contributed by atoms with van der Waals surface area (Å²) in [7, 11) is 0. The number of fused-ring (bicyclic) bond motifs is 1. The van der Waals surface area contributed by atoms with Gasteiger partial charge < -0.3 is 10.2 Å². The number of amides is 4. The first-order valence-electron chi connectivity index (χ1n) is 9.18. The van der Waals surface area contributed by atoms with Gasteiger partial charge in [0.2, 0.25) is 5.91 Å². The SMILES string of the molecule is CC1(c2ccccc2)NC(=O)N(CC(=O)N2CCCc3cc(Br)ccc32)C1=O. The zero-order valence-corrected chi connectivity index (χ0v) is 17.0. The molecule has 1 atom stereocenters. The van der Waals surface area contributed by atoms with E-state index in [2.05, 4.69) is 21.2 Å². The van der Waals surface area contributed by atoms with Crippen LogP contribution in [0.25, 0.3) is 0 Å². The van der Waals surface area contributed by atoms with Crippen molar-refractivity contribution in [2.24, 2.45) is 0 Å². The topological polar surface area (TPSA) is 69.7 Å². The van der Waals surface area contributed by atoms with Crippen molar-refractivity contribution in [3.8, 4) is 0 Å². The van der Waals surface area contributed by atoms with Crippen LogP contribution in [0.5, 0.6) is 0 Å². The lowest BCUT2D eigenvalue weighted by Gasteiger charge is -2.30. The Bertz CT molecular complexity index is 963. The molecule has 7 heteroatoms. The molecule has 0 aliphatic carbocycles. The molecule has 1 fully saturated rings. The van der Waals surface area contributed by atoms with Crippen LogP contribution in [0.15, 0.2) is 53.0 Å². The summed E-state index contributed by atoms with van der Waals surface area (Å²) in [5.41, 5.74) is 1.46. The van der Waals surface area contributed by atoms with Crippen molar-refractivity contribution in [1.29, 1.82) is 0 Å². The molecule has 2 aliphatic heterocycles. The molecule has 2 aliphatic rings. The highest BCUT2D eigenvalue weighted by molar-refractivity contribution is 9.10. The van der Waals surface area contributed by atoms with Crippen molar-refractivity contribution in [3.63, 3.8) is 0 Å². The van der Waals surface area contributed by atoms with E-state index in [1.54, 1.807) is 24.0 Å². The normalized spacial score (nSPS) is 21.5. The molecule has 0 saturated carbocycles. The summed E-state index contributed by atoms with van der Waals surface area (Å²) < 4.78 is 0.966. The molecule has 2 aromatic carbocycles. The zero-order valence-electron chi connectivity index (χ0n) is 15.4. The van der Waals surface area contributed by atoms with Crippen molar-refractivity contribution in [3.05, 3.63) is 64.1 Å². The van der Waals surface area contributed by atoms with Crippen LogP contribution in [-0.2, 0) is 21.5 Å². The molecule has 2 heterocycles. The van der Waals surface area contributed by atoms with Gasteiger partial charge in [-0.05, 0) is 49.1 Å². The Hall–Kier alpha value is -2.67. The maximum atomic E-state index is 13.0. The third-order valence-corrected chi connectivity index (χ3v) is 5.87. The van der Waals surface area contributed by atoms with Gasteiger partial charge in [-0.15, -0.1) is 0 Å². The molecule has 4 amide bonds. The minimum Gasteiger partial charge on any atom is -0.319 e. The Labute approximate surface area is 171 Å². The maximum absolute atomic E-state index is 13.0. The number of imide groups is 1. The third kappa shape index (κ3) is 3.09. The lowest BCUT2D eigenvalue weighted by atomic mass is 9.92. The van der Waals surface area contributed by atoms with Gasteiger partial charge in [0.25, 0.3) is 5.91 Å². The Morgan fingerprint density at radius 1 is 1.18 bits per heavy atom. The van der Waals surface area contributed by atoms with Crippen LogP contribution in [0.4, 0.5) is 10.5 Å². The molecular weight excluding hydrogens is 422 g/mol. The van der Waals surface area contributed by atoms with Gasteiger partial charge in [-0.3, -0.25) is 14.5 Å².